The van der Waals surface area contributed by atoms with Gasteiger partial charge in [-0.1, -0.05) is 55.8 Å². The van der Waals surface area contributed by atoms with Gasteiger partial charge in [0.2, 0.25) is 5.88 Å². The Hall–Kier alpha value is -2.54. The highest BCUT2D eigenvalue weighted by Gasteiger charge is 2.62. The molecule has 160 valence electrons. The third-order valence-corrected chi connectivity index (χ3v) is 5.52. The van der Waals surface area contributed by atoms with Gasteiger partial charge in [-0.05, 0) is 36.5 Å². The van der Waals surface area contributed by atoms with Gasteiger partial charge < -0.3 is 9.47 Å². The molecule has 0 amide bonds. The lowest BCUT2D eigenvalue weighted by molar-refractivity contribution is -0.151. The van der Waals surface area contributed by atoms with Crippen molar-refractivity contribution in [2.75, 3.05) is 0 Å². The molecule has 1 heterocycles. The fourth-order valence-corrected chi connectivity index (χ4v) is 3.46. The van der Waals surface area contributed by atoms with Crippen LogP contribution in [-0.2, 0) is 9.53 Å². The van der Waals surface area contributed by atoms with Crippen molar-refractivity contribution in [1.29, 1.82) is 0 Å². The molecule has 1 aliphatic rings. The average molecular weight is 440 g/mol. The summed E-state index contributed by atoms with van der Waals surface area (Å²) in [4.78, 5) is 16.9. The van der Waals surface area contributed by atoms with Crippen LogP contribution in [0.25, 0.3) is 0 Å². The summed E-state index contributed by atoms with van der Waals surface area (Å²) >= 11 is 5.33. The lowest BCUT2D eigenvalue weighted by Crippen LogP contribution is -2.14. The SMILES string of the molecule is CC(OC(=O)C1C(C=C(Cl)C(F)(F)F)C1(C)C)c1cccc(Oc2ccccc2)n1. The molecule has 0 spiro atoms. The second-order valence-electron chi connectivity index (χ2n) is 7.73. The Bertz CT molecular complexity index is 944. The molecule has 30 heavy (non-hydrogen) atoms. The van der Waals surface area contributed by atoms with E-state index in [0.717, 1.165) is 6.08 Å². The molecule has 0 N–H and O–H groups in total. The van der Waals surface area contributed by atoms with Crippen LogP contribution < -0.4 is 4.74 Å². The maximum absolute atomic E-state index is 12.7. The van der Waals surface area contributed by atoms with Crippen molar-refractivity contribution < 1.29 is 27.4 Å². The monoisotopic (exact) mass is 439 g/mol. The van der Waals surface area contributed by atoms with E-state index in [1.807, 2.05) is 18.2 Å². The fraction of sp³-hybridized carbons (Fsp3) is 0.364. The van der Waals surface area contributed by atoms with Crippen molar-refractivity contribution in [3.63, 3.8) is 0 Å². The number of halogens is 4. The molecule has 0 aliphatic heterocycles. The predicted molar refractivity (Wildman–Crippen MR) is 106 cm³/mol. The van der Waals surface area contributed by atoms with E-state index in [9.17, 15) is 18.0 Å². The number of rotatable bonds is 6. The zero-order valence-corrected chi connectivity index (χ0v) is 17.4. The molecule has 0 radical (unpaired) electrons. The normalized spacial score (nSPS) is 21.6. The van der Waals surface area contributed by atoms with Gasteiger partial charge in [-0.15, -0.1) is 0 Å². The number of carbonyl (C=O) groups is 1. The summed E-state index contributed by atoms with van der Waals surface area (Å²) in [5, 5.41) is -1.23. The molecule has 1 aliphatic carbocycles. The number of aromatic nitrogens is 1. The summed E-state index contributed by atoms with van der Waals surface area (Å²) in [6.07, 6.45) is -4.44. The Morgan fingerprint density at radius 1 is 1.17 bits per heavy atom. The van der Waals surface area contributed by atoms with E-state index in [-0.39, 0.29) is 0 Å². The van der Waals surface area contributed by atoms with Crippen molar-refractivity contribution in [2.24, 2.45) is 17.3 Å². The largest absolute Gasteiger partial charge is 0.456 e. The number of hydrogen-bond donors (Lipinski definition) is 0. The molecular formula is C22H21ClF3NO3. The molecule has 2 aromatic rings. The van der Waals surface area contributed by atoms with Crippen LogP contribution in [0.15, 0.2) is 59.6 Å². The van der Waals surface area contributed by atoms with Gasteiger partial charge in [-0.25, -0.2) is 4.98 Å². The first kappa shape index (κ1) is 22.2. The zero-order valence-electron chi connectivity index (χ0n) is 16.6. The summed E-state index contributed by atoms with van der Waals surface area (Å²) in [5.41, 5.74) is -0.205. The van der Waals surface area contributed by atoms with Crippen molar-refractivity contribution in [1.82, 2.24) is 4.98 Å². The standard InChI is InChI=1S/C22H21ClF3NO3/c1-13(16-10-7-11-18(27-16)30-14-8-5-4-6-9-14)29-20(28)19-15(21(19,2)3)12-17(23)22(24,25)26/h4-13,15,19H,1-3H3. The van der Waals surface area contributed by atoms with Crippen LogP contribution in [0.1, 0.15) is 32.6 Å². The third-order valence-electron chi connectivity index (χ3n) is 5.18. The molecule has 4 nitrogen and oxygen atoms in total. The molecule has 3 rings (SSSR count). The number of allylic oxidation sites excluding steroid dienone is 2. The van der Waals surface area contributed by atoms with Gasteiger partial charge in [-0.2, -0.15) is 13.2 Å². The molecule has 3 unspecified atom stereocenters. The maximum Gasteiger partial charge on any atom is 0.426 e. The summed E-state index contributed by atoms with van der Waals surface area (Å²) in [6, 6.07) is 14.2. The predicted octanol–water partition coefficient (Wildman–Crippen LogP) is 6.44. The first-order chi connectivity index (χ1) is 14.0. The van der Waals surface area contributed by atoms with Crippen LogP contribution in [0.4, 0.5) is 13.2 Å². The molecule has 8 heteroatoms. The van der Waals surface area contributed by atoms with Crippen molar-refractivity contribution in [3.05, 3.63) is 65.3 Å². The van der Waals surface area contributed by atoms with Crippen LogP contribution in [-0.4, -0.2) is 17.1 Å². The molecule has 3 atom stereocenters. The maximum atomic E-state index is 12.7. The fourth-order valence-electron chi connectivity index (χ4n) is 3.32. The minimum absolute atomic E-state index is 0.339. The number of alkyl halides is 3. The lowest BCUT2D eigenvalue weighted by atomic mass is 10.1. The Kier molecular flexibility index (Phi) is 6.13. The smallest absolute Gasteiger partial charge is 0.426 e. The van der Waals surface area contributed by atoms with Crippen molar-refractivity contribution >= 4 is 17.6 Å². The van der Waals surface area contributed by atoms with E-state index in [0.29, 0.717) is 17.3 Å². The minimum atomic E-state index is -4.63. The minimum Gasteiger partial charge on any atom is -0.456 e. The molecule has 1 aromatic heterocycles. The van der Waals surface area contributed by atoms with Gasteiger partial charge in [0.25, 0.3) is 0 Å². The van der Waals surface area contributed by atoms with Gasteiger partial charge in [0.15, 0.2) is 0 Å². The zero-order chi connectivity index (χ0) is 22.1. The van der Waals surface area contributed by atoms with Gasteiger partial charge >= 0.3 is 12.1 Å². The Labute approximate surface area is 177 Å². The summed E-state index contributed by atoms with van der Waals surface area (Å²) in [5.74, 6) is -0.989. The Morgan fingerprint density at radius 2 is 1.83 bits per heavy atom. The first-order valence-electron chi connectivity index (χ1n) is 9.35. The van der Waals surface area contributed by atoms with Gasteiger partial charge in [-0.3, -0.25) is 4.79 Å². The number of pyridine rings is 1. The molecule has 1 fully saturated rings. The molecular weight excluding hydrogens is 419 g/mol. The number of para-hydroxylation sites is 1. The number of nitrogens with zero attached hydrogens (tertiary/aromatic N) is 1. The van der Waals surface area contributed by atoms with E-state index in [2.05, 4.69) is 4.98 Å². The first-order valence-corrected chi connectivity index (χ1v) is 9.73. The van der Waals surface area contributed by atoms with E-state index < -0.39 is 40.5 Å². The molecule has 0 saturated heterocycles. The van der Waals surface area contributed by atoms with Gasteiger partial charge in [0, 0.05) is 6.07 Å². The highest BCUT2D eigenvalue weighted by atomic mass is 35.5. The number of esters is 1. The number of benzene rings is 1. The van der Waals surface area contributed by atoms with Gasteiger partial charge in [0.1, 0.15) is 16.9 Å². The van der Waals surface area contributed by atoms with Crippen molar-refractivity contribution in [2.45, 2.75) is 33.1 Å². The number of ether oxygens (including phenoxy) is 2. The van der Waals surface area contributed by atoms with E-state index in [4.69, 9.17) is 21.1 Å². The van der Waals surface area contributed by atoms with E-state index in [1.54, 1.807) is 51.1 Å². The highest BCUT2D eigenvalue weighted by molar-refractivity contribution is 6.30. The quantitative estimate of drug-likeness (QED) is 0.486. The number of carbonyl (C=O) groups excluding carboxylic acids is 1. The van der Waals surface area contributed by atoms with E-state index >= 15 is 0 Å². The Balaban J connectivity index is 1.67. The highest BCUT2D eigenvalue weighted by Crippen LogP contribution is 2.60. The van der Waals surface area contributed by atoms with Crippen LogP contribution in [0.5, 0.6) is 11.6 Å². The van der Waals surface area contributed by atoms with E-state index in [1.165, 1.54) is 0 Å². The Morgan fingerprint density at radius 3 is 2.47 bits per heavy atom. The van der Waals surface area contributed by atoms with Crippen LogP contribution in [0.2, 0.25) is 0 Å². The van der Waals surface area contributed by atoms with Crippen LogP contribution in [0.3, 0.4) is 0 Å². The number of hydrogen-bond acceptors (Lipinski definition) is 4. The summed E-state index contributed by atoms with van der Waals surface area (Å²) in [7, 11) is 0. The van der Waals surface area contributed by atoms with Gasteiger partial charge in [0.05, 0.1) is 11.6 Å². The average Bonchev–Trinajstić information content (AvgIpc) is 3.22. The molecule has 0 bridgehead atoms. The topological polar surface area (TPSA) is 48.4 Å². The molecule has 1 saturated carbocycles. The second kappa shape index (κ2) is 8.30. The summed E-state index contributed by atoms with van der Waals surface area (Å²) in [6.45, 7) is 5.06. The third kappa shape index (κ3) is 4.95. The van der Waals surface area contributed by atoms with Crippen LogP contribution >= 0.6 is 11.6 Å². The van der Waals surface area contributed by atoms with Crippen molar-refractivity contribution in [3.8, 4) is 11.6 Å². The molecule has 1 aromatic carbocycles. The lowest BCUT2D eigenvalue weighted by Gasteiger charge is -2.14. The second-order valence-corrected chi connectivity index (χ2v) is 8.14. The van der Waals surface area contributed by atoms with Crippen LogP contribution in [0, 0.1) is 17.3 Å². The summed E-state index contributed by atoms with van der Waals surface area (Å²) < 4.78 is 49.3.